The fourth-order valence-electron chi connectivity index (χ4n) is 7.19. The monoisotopic (exact) mass is 647 g/mol. The average molecular weight is 648 g/mol. The molecule has 5 heteroatoms. The average Bonchev–Trinajstić information content (AvgIpc) is 3.72. The second-order valence-corrected chi connectivity index (χ2v) is 14.1. The lowest BCUT2D eigenvalue weighted by atomic mass is 9.95. The largest absolute Gasteiger partial charge is 0.456 e. The number of thiophene rings is 1. The van der Waals surface area contributed by atoms with Gasteiger partial charge in [-0.15, -0.1) is 11.3 Å². The molecule has 9 aromatic rings. The lowest BCUT2D eigenvalue weighted by molar-refractivity contribution is 0.669. The zero-order valence-corrected chi connectivity index (χ0v) is 27.5. The minimum Gasteiger partial charge on any atom is -0.456 e. The first-order valence-corrected chi connectivity index (χ1v) is 17.5. The smallest absolute Gasteiger partial charge is 0.164 e. The van der Waals surface area contributed by atoms with Gasteiger partial charge in [0.05, 0.1) is 0 Å². The van der Waals surface area contributed by atoms with E-state index in [2.05, 4.69) is 128 Å². The Bertz CT molecular complexity index is 2790. The Morgan fingerprint density at radius 2 is 1.29 bits per heavy atom. The van der Waals surface area contributed by atoms with Crippen molar-refractivity contribution in [3.63, 3.8) is 0 Å². The van der Waals surface area contributed by atoms with Crippen LogP contribution in [-0.2, 0) is 6.42 Å². The Hall–Kier alpha value is -5.91. The van der Waals surface area contributed by atoms with E-state index in [9.17, 15) is 0 Å². The molecule has 6 aromatic carbocycles. The summed E-state index contributed by atoms with van der Waals surface area (Å²) in [5, 5.41) is 5.85. The van der Waals surface area contributed by atoms with E-state index in [1.165, 1.54) is 25.9 Å². The summed E-state index contributed by atoms with van der Waals surface area (Å²) in [5.41, 5.74) is 8.19. The van der Waals surface area contributed by atoms with Crippen molar-refractivity contribution in [1.29, 1.82) is 0 Å². The van der Waals surface area contributed by atoms with Gasteiger partial charge in [0.25, 0.3) is 0 Å². The van der Waals surface area contributed by atoms with E-state index >= 15 is 0 Å². The highest BCUT2D eigenvalue weighted by Crippen LogP contribution is 2.40. The minimum atomic E-state index is 0.561. The van der Waals surface area contributed by atoms with E-state index in [-0.39, 0.29) is 0 Å². The molecule has 4 nitrogen and oxygen atoms in total. The highest BCUT2D eigenvalue weighted by atomic mass is 32.1. The molecule has 0 fully saturated rings. The van der Waals surface area contributed by atoms with Crippen molar-refractivity contribution in [2.75, 3.05) is 0 Å². The molecule has 0 spiro atoms. The standard InChI is InChI=1S/C44H29N3OS/c1-26-16-20-34-35-21-19-32(25-40(35)49-39(34)22-26)44-46-42(45-43(47-44)31-18-17-27-8-2-3-9-28(27)23-31)30-11-6-10-29(24-30)33-13-7-15-38-41(33)36-12-4-5-14-37(36)48-38/h2-21,23-26H,22H2,1H3. The molecule has 0 N–H and O–H groups in total. The number of furan rings is 1. The van der Waals surface area contributed by atoms with Crippen LogP contribution in [0, 0.1) is 5.92 Å². The van der Waals surface area contributed by atoms with Gasteiger partial charge in [0, 0.05) is 37.0 Å². The van der Waals surface area contributed by atoms with Crippen LogP contribution in [-0.4, -0.2) is 15.0 Å². The normalized spacial score (nSPS) is 14.3. The maximum absolute atomic E-state index is 6.22. The first-order valence-electron chi connectivity index (χ1n) is 16.6. The fraction of sp³-hybridized carbons (Fsp3) is 0.0682. The number of benzene rings is 6. The SMILES string of the molecule is CC1C=Cc2c(sc3cc(-c4nc(-c5cccc(-c6cccc7oc8ccccc8c67)c5)nc(-c5ccc6ccccc6c5)n4)ccc23)C1. The molecule has 49 heavy (non-hydrogen) atoms. The maximum Gasteiger partial charge on any atom is 0.164 e. The molecule has 0 amide bonds. The van der Waals surface area contributed by atoms with Crippen molar-refractivity contribution in [3.05, 3.63) is 144 Å². The highest BCUT2D eigenvalue weighted by molar-refractivity contribution is 7.19. The van der Waals surface area contributed by atoms with Crippen molar-refractivity contribution in [2.45, 2.75) is 13.3 Å². The van der Waals surface area contributed by atoms with Gasteiger partial charge in [0.1, 0.15) is 11.2 Å². The molecule has 1 unspecified atom stereocenters. The quantitative estimate of drug-likeness (QED) is 0.191. The number of hydrogen-bond donors (Lipinski definition) is 0. The zero-order chi connectivity index (χ0) is 32.5. The highest BCUT2D eigenvalue weighted by Gasteiger charge is 2.19. The van der Waals surface area contributed by atoms with E-state index in [0.29, 0.717) is 23.4 Å². The van der Waals surface area contributed by atoms with Crippen molar-refractivity contribution < 1.29 is 4.42 Å². The number of aromatic nitrogens is 3. The van der Waals surface area contributed by atoms with E-state index in [1.807, 2.05) is 29.5 Å². The fourth-order valence-corrected chi connectivity index (χ4v) is 8.57. The van der Waals surface area contributed by atoms with Gasteiger partial charge >= 0.3 is 0 Å². The van der Waals surface area contributed by atoms with Crippen LogP contribution in [0.1, 0.15) is 17.4 Å². The summed E-state index contributed by atoms with van der Waals surface area (Å²) in [6, 6.07) is 44.4. The predicted octanol–water partition coefficient (Wildman–Crippen LogP) is 12.0. The van der Waals surface area contributed by atoms with Crippen LogP contribution < -0.4 is 0 Å². The summed E-state index contributed by atoms with van der Waals surface area (Å²) in [4.78, 5) is 16.8. The van der Waals surface area contributed by atoms with Crippen molar-refractivity contribution in [3.8, 4) is 45.3 Å². The molecule has 0 aliphatic heterocycles. The summed E-state index contributed by atoms with van der Waals surface area (Å²) >= 11 is 1.89. The van der Waals surface area contributed by atoms with Crippen LogP contribution in [0.25, 0.3) is 94.2 Å². The number of rotatable bonds is 4. The number of allylic oxidation sites excluding steroid dienone is 1. The molecular formula is C44H29N3OS. The van der Waals surface area contributed by atoms with Crippen molar-refractivity contribution in [1.82, 2.24) is 15.0 Å². The third-order valence-electron chi connectivity index (χ3n) is 9.64. The molecule has 1 aliphatic carbocycles. The Morgan fingerprint density at radius 1 is 0.592 bits per heavy atom. The van der Waals surface area contributed by atoms with Crippen LogP contribution >= 0.6 is 11.3 Å². The third kappa shape index (κ3) is 4.77. The second kappa shape index (κ2) is 11.1. The molecule has 0 bridgehead atoms. The maximum atomic E-state index is 6.22. The van der Waals surface area contributed by atoms with Gasteiger partial charge in [-0.3, -0.25) is 0 Å². The minimum absolute atomic E-state index is 0.561. The molecule has 0 saturated carbocycles. The molecule has 0 saturated heterocycles. The molecule has 3 heterocycles. The second-order valence-electron chi connectivity index (χ2n) is 12.9. The van der Waals surface area contributed by atoms with Crippen LogP contribution in [0.5, 0.6) is 0 Å². The lowest BCUT2D eigenvalue weighted by Gasteiger charge is -2.11. The van der Waals surface area contributed by atoms with Crippen LogP contribution in [0.3, 0.4) is 0 Å². The molecule has 232 valence electrons. The van der Waals surface area contributed by atoms with Crippen LogP contribution in [0.4, 0.5) is 0 Å². The van der Waals surface area contributed by atoms with Gasteiger partial charge in [-0.2, -0.15) is 0 Å². The van der Waals surface area contributed by atoms with Gasteiger partial charge in [0.15, 0.2) is 17.5 Å². The molecule has 1 atom stereocenters. The van der Waals surface area contributed by atoms with E-state index in [1.54, 1.807) is 0 Å². The Morgan fingerprint density at radius 3 is 2.16 bits per heavy atom. The predicted molar refractivity (Wildman–Crippen MR) is 204 cm³/mol. The number of para-hydroxylation sites is 1. The summed E-state index contributed by atoms with van der Waals surface area (Å²) < 4.78 is 7.48. The Labute approximate surface area is 287 Å². The van der Waals surface area contributed by atoms with Gasteiger partial charge in [-0.1, -0.05) is 116 Å². The molecule has 10 rings (SSSR count). The lowest BCUT2D eigenvalue weighted by Crippen LogP contribution is -2.00. The Balaban J connectivity index is 1.15. The van der Waals surface area contributed by atoms with E-state index in [4.69, 9.17) is 19.4 Å². The van der Waals surface area contributed by atoms with Crippen molar-refractivity contribution in [2.24, 2.45) is 5.92 Å². The third-order valence-corrected chi connectivity index (χ3v) is 10.8. The zero-order valence-electron chi connectivity index (χ0n) is 26.7. The summed E-state index contributed by atoms with van der Waals surface area (Å²) in [5.74, 6) is 2.52. The number of fused-ring (bicyclic) bond motifs is 7. The van der Waals surface area contributed by atoms with E-state index < -0.39 is 0 Å². The first kappa shape index (κ1) is 28.1. The van der Waals surface area contributed by atoms with Gasteiger partial charge in [-0.05, 0) is 75.5 Å². The van der Waals surface area contributed by atoms with Gasteiger partial charge < -0.3 is 4.42 Å². The van der Waals surface area contributed by atoms with E-state index in [0.717, 1.165) is 61.6 Å². The van der Waals surface area contributed by atoms with Crippen LogP contribution in [0.2, 0.25) is 0 Å². The Kier molecular flexibility index (Phi) is 6.36. The molecular weight excluding hydrogens is 619 g/mol. The van der Waals surface area contributed by atoms with Gasteiger partial charge in [-0.25, -0.2) is 15.0 Å². The summed E-state index contributed by atoms with van der Waals surface area (Å²) in [6.45, 7) is 2.28. The summed E-state index contributed by atoms with van der Waals surface area (Å²) in [7, 11) is 0. The number of nitrogens with zero attached hydrogens (tertiary/aromatic N) is 3. The molecule has 3 aromatic heterocycles. The van der Waals surface area contributed by atoms with Crippen LogP contribution in [0.15, 0.2) is 138 Å². The summed E-state index contributed by atoms with van der Waals surface area (Å²) in [6.07, 6.45) is 5.70. The first-order chi connectivity index (χ1) is 24.1. The molecule has 1 aliphatic rings. The van der Waals surface area contributed by atoms with Crippen molar-refractivity contribution >= 4 is 60.2 Å². The van der Waals surface area contributed by atoms with Gasteiger partial charge in [0.2, 0.25) is 0 Å². The topological polar surface area (TPSA) is 51.8 Å². The number of hydrogen-bond acceptors (Lipinski definition) is 5. The molecule has 0 radical (unpaired) electrons.